The maximum Gasteiger partial charge on any atom is 0.329 e. The maximum atomic E-state index is 11.5. The van der Waals surface area contributed by atoms with Crippen molar-refractivity contribution in [1.29, 1.82) is 0 Å². The lowest BCUT2D eigenvalue weighted by molar-refractivity contribution is -0.384. The van der Waals surface area contributed by atoms with Crippen LogP contribution in [0.3, 0.4) is 0 Å². The van der Waals surface area contributed by atoms with Gasteiger partial charge in [-0.25, -0.2) is 4.79 Å². The Labute approximate surface area is 123 Å². The summed E-state index contributed by atoms with van der Waals surface area (Å²) in [6.07, 6.45) is 0.519. The van der Waals surface area contributed by atoms with E-state index in [1.54, 1.807) is 6.07 Å². The van der Waals surface area contributed by atoms with Gasteiger partial charge in [0.1, 0.15) is 11.2 Å². The molecule has 0 atom stereocenters. The number of nitrogens with one attached hydrogen (secondary N) is 1. The summed E-state index contributed by atoms with van der Waals surface area (Å²) in [6.45, 7) is 0.618. The Morgan fingerprint density at radius 1 is 1.45 bits per heavy atom. The van der Waals surface area contributed by atoms with Gasteiger partial charge in [-0.3, -0.25) is 10.1 Å². The Morgan fingerprint density at radius 3 is 2.65 bits per heavy atom. The van der Waals surface area contributed by atoms with E-state index in [0.717, 1.165) is 0 Å². The Morgan fingerprint density at radius 2 is 2.10 bits per heavy atom. The van der Waals surface area contributed by atoms with E-state index in [4.69, 9.17) is 4.74 Å². The first-order valence-corrected chi connectivity index (χ1v) is 6.77. The third-order valence-electron chi connectivity index (χ3n) is 3.29. The highest BCUT2D eigenvalue weighted by Gasteiger charge is 2.41. The number of carbonyl (C=O) groups is 1. The number of aliphatic carboxylic acids is 1. The lowest BCUT2D eigenvalue weighted by Gasteiger charge is -2.34. The number of nitro groups is 1. The Kier molecular flexibility index (Phi) is 4.24. The normalized spacial score (nSPS) is 17.4. The molecular formula is C12H13BrN2O5. The van der Waals surface area contributed by atoms with Crippen LogP contribution in [0.1, 0.15) is 12.8 Å². The molecule has 108 valence electrons. The van der Waals surface area contributed by atoms with E-state index in [9.17, 15) is 20.0 Å². The van der Waals surface area contributed by atoms with E-state index >= 15 is 0 Å². The first-order valence-electron chi connectivity index (χ1n) is 5.98. The molecule has 20 heavy (non-hydrogen) atoms. The topological polar surface area (TPSA) is 102 Å². The fraction of sp³-hybridized carbons (Fsp3) is 0.417. The van der Waals surface area contributed by atoms with Gasteiger partial charge in [-0.2, -0.15) is 0 Å². The number of anilines is 1. The minimum Gasteiger partial charge on any atom is -0.480 e. The third-order valence-corrected chi connectivity index (χ3v) is 3.78. The van der Waals surface area contributed by atoms with Gasteiger partial charge in [0, 0.05) is 36.6 Å². The molecular weight excluding hydrogens is 332 g/mol. The van der Waals surface area contributed by atoms with Crippen LogP contribution in [-0.4, -0.2) is 34.8 Å². The zero-order valence-corrected chi connectivity index (χ0v) is 12.1. The molecule has 1 aliphatic heterocycles. The van der Waals surface area contributed by atoms with Gasteiger partial charge in [0.2, 0.25) is 0 Å². The van der Waals surface area contributed by atoms with Crippen LogP contribution in [0.15, 0.2) is 22.7 Å². The van der Waals surface area contributed by atoms with Gasteiger partial charge in [-0.05, 0) is 12.1 Å². The molecule has 8 heteroatoms. The van der Waals surface area contributed by atoms with Crippen molar-refractivity contribution >= 4 is 33.3 Å². The summed E-state index contributed by atoms with van der Waals surface area (Å²) < 4.78 is 5.73. The number of hydrogen-bond donors (Lipinski definition) is 2. The summed E-state index contributed by atoms with van der Waals surface area (Å²) in [4.78, 5) is 22.1. The van der Waals surface area contributed by atoms with Crippen LogP contribution in [0.2, 0.25) is 0 Å². The molecule has 0 unspecified atom stereocenters. The SMILES string of the molecule is O=C(O)C1(Nc2ccc(Br)cc2[N+](=O)[O-])CCOCC1. The van der Waals surface area contributed by atoms with Crippen molar-refractivity contribution in [3.63, 3.8) is 0 Å². The predicted octanol–water partition coefficient (Wildman–Crippen LogP) is 2.40. The van der Waals surface area contributed by atoms with E-state index in [-0.39, 0.29) is 24.2 Å². The van der Waals surface area contributed by atoms with E-state index in [2.05, 4.69) is 21.2 Å². The lowest BCUT2D eigenvalue weighted by Crippen LogP contribution is -2.50. The first-order chi connectivity index (χ1) is 9.44. The molecule has 0 spiro atoms. The zero-order valence-electron chi connectivity index (χ0n) is 10.5. The van der Waals surface area contributed by atoms with E-state index in [1.165, 1.54) is 12.1 Å². The molecule has 2 N–H and O–H groups in total. The number of carboxylic acids is 1. The van der Waals surface area contributed by atoms with Gasteiger partial charge in [0.25, 0.3) is 5.69 Å². The van der Waals surface area contributed by atoms with E-state index < -0.39 is 16.4 Å². The van der Waals surface area contributed by atoms with Crippen LogP contribution in [0.5, 0.6) is 0 Å². The number of nitrogens with zero attached hydrogens (tertiary/aromatic N) is 1. The highest BCUT2D eigenvalue weighted by Crippen LogP contribution is 2.33. The van der Waals surface area contributed by atoms with Crippen LogP contribution in [0, 0.1) is 10.1 Å². The Balaban J connectivity index is 2.36. The van der Waals surface area contributed by atoms with Crippen molar-refractivity contribution in [1.82, 2.24) is 0 Å². The van der Waals surface area contributed by atoms with Gasteiger partial charge in [-0.1, -0.05) is 15.9 Å². The molecule has 1 aromatic rings. The molecule has 7 nitrogen and oxygen atoms in total. The minimum absolute atomic E-state index is 0.161. The Bertz CT molecular complexity index is 543. The zero-order chi connectivity index (χ0) is 14.8. The molecule has 1 saturated heterocycles. The summed E-state index contributed by atoms with van der Waals surface area (Å²) >= 11 is 3.16. The molecule has 2 rings (SSSR count). The lowest BCUT2D eigenvalue weighted by atomic mass is 9.89. The molecule has 1 aliphatic rings. The highest BCUT2D eigenvalue weighted by atomic mass is 79.9. The van der Waals surface area contributed by atoms with Crippen molar-refractivity contribution < 1.29 is 19.6 Å². The van der Waals surface area contributed by atoms with Gasteiger partial charge < -0.3 is 15.2 Å². The van der Waals surface area contributed by atoms with Crippen LogP contribution in [0.4, 0.5) is 11.4 Å². The second-order valence-electron chi connectivity index (χ2n) is 4.54. The van der Waals surface area contributed by atoms with Gasteiger partial charge in [-0.15, -0.1) is 0 Å². The standard InChI is InChI=1S/C12H13BrN2O5/c13-8-1-2-9(10(7-8)15(18)19)14-12(11(16)17)3-5-20-6-4-12/h1-2,7,14H,3-6H2,(H,16,17). The third kappa shape index (κ3) is 2.91. The molecule has 0 saturated carbocycles. The van der Waals surface area contributed by atoms with Crippen LogP contribution in [-0.2, 0) is 9.53 Å². The molecule has 0 amide bonds. The number of ether oxygens (including phenoxy) is 1. The van der Waals surface area contributed by atoms with Crippen molar-refractivity contribution in [2.45, 2.75) is 18.4 Å². The quantitative estimate of drug-likeness (QED) is 0.642. The van der Waals surface area contributed by atoms with Crippen molar-refractivity contribution in [3.8, 4) is 0 Å². The number of nitro benzene ring substituents is 1. The summed E-state index contributed by atoms with van der Waals surface area (Å²) in [5.41, 5.74) is -1.19. The average molecular weight is 345 g/mol. The fourth-order valence-electron chi connectivity index (χ4n) is 2.13. The number of carboxylic acid groups (broad SMARTS) is 1. The number of halogens is 1. The maximum absolute atomic E-state index is 11.5. The van der Waals surface area contributed by atoms with Gasteiger partial charge in [0.15, 0.2) is 0 Å². The van der Waals surface area contributed by atoms with E-state index in [0.29, 0.717) is 17.7 Å². The summed E-state index contributed by atoms with van der Waals surface area (Å²) in [5, 5.41) is 23.3. The highest BCUT2D eigenvalue weighted by molar-refractivity contribution is 9.10. The molecule has 1 heterocycles. The number of hydrogen-bond acceptors (Lipinski definition) is 5. The van der Waals surface area contributed by atoms with Gasteiger partial charge >= 0.3 is 5.97 Å². The fourth-order valence-corrected chi connectivity index (χ4v) is 2.48. The summed E-state index contributed by atoms with van der Waals surface area (Å²) in [6, 6.07) is 4.48. The average Bonchev–Trinajstić information content (AvgIpc) is 2.41. The summed E-state index contributed by atoms with van der Waals surface area (Å²) in [7, 11) is 0. The Hall–Kier alpha value is -1.67. The van der Waals surface area contributed by atoms with Crippen LogP contribution < -0.4 is 5.32 Å². The van der Waals surface area contributed by atoms with Crippen LogP contribution >= 0.6 is 15.9 Å². The summed E-state index contributed by atoms with van der Waals surface area (Å²) in [5.74, 6) is -1.03. The second-order valence-corrected chi connectivity index (χ2v) is 5.46. The number of rotatable bonds is 4. The second kappa shape index (κ2) is 5.76. The number of benzene rings is 1. The van der Waals surface area contributed by atoms with Crippen molar-refractivity contribution in [2.24, 2.45) is 0 Å². The monoisotopic (exact) mass is 344 g/mol. The largest absolute Gasteiger partial charge is 0.480 e. The minimum atomic E-state index is -1.23. The molecule has 1 aromatic carbocycles. The van der Waals surface area contributed by atoms with Gasteiger partial charge in [0.05, 0.1) is 4.92 Å². The molecule has 1 fully saturated rings. The predicted molar refractivity (Wildman–Crippen MR) is 74.8 cm³/mol. The van der Waals surface area contributed by atoms with E-state index in [1.807, 2.05) is 0 Å². The molecule has 0 aliphatic carbocycles. The smallest absolute Gasteiger partial charge is 0.329 e. The molecule has 0 radical (unpaired) electrons. The van der Waals surface area contributed by atoms with Crippen LogP contribution in [0.25, 0.3) is 0 Å². The molecule has 0 bridgehead atoms. The van der Waals surface area contributed by atoms with Crippen molar-refractivity contribution in [3.05, 3.63) is 32.8 Å². The molecule has 0 aromatic heterocycles. The van der Waals surface area contributed by atoms with Crippen molar-refractivity contribution in [2.75, 3.05) is 18.5 Å². The first kappa shape index (κ1) is 14.7.